The molecule has 5 nitrogen and oxygen atoms in total. The molecule has 1 heterocycles. The van der Waals surface area contributed by atoms with Gasteiger partial charge in [-0.2, -0.15) is 0 Å². The molecule has 0 saturated carbocycles. The zero-order valence-corrected chi connectivity index (χ0v) is 10.4. The summed E-state index contributed by atoms with van der Waals surface area (Å²) in [5.41, 5.74) is 0. The molecule has 0 aromatic rings. The molecular weight excluding hydrogens is 230 g/mol. The Balaban J connectivity index is 2.36. The summed E-state index contributed by atoms with van der Waals surface area (Å²) in [6.45, 7) is 1.53. The van der Waals surface area contributed by atoms with E-state index in [0.717, 1.165) is 13.1 Å². The highest BCUT2D eigenvalue weighted by molar-refractivity contribution is 7.92. The summed E-state index contributed by atoms with van der Waals surface area (Å²) in [5, 5.41) is 2.90. The van der Waals surface area contributed by atoms with Crippen molar-refractivity contribution in [2.24, 2.45) is 0 Å². The largest absolute Gasteiger partial charge is 0.469 e. The average molecular weight is 249 g/mol. The van der Waals surface area contributed by atoms with E-state index in [1.807, 2.05) is 0 Å². The summed E-state index contributed by atoms with van der Waals surface area (Å²) in [6.07, 6.45) is 1.90. The van der Waals surface area contributed by atoms with Gasteiger partial charge in [0.25, 0.3) is 0 Å². The van der Waals surface area contributed by atoms with Crippen molar-refractivity contribution < 1.29 is 17.9 Å². The van der Waals surface area contributed by atoms with Gasteiger partial charge >= 0.3 is 5.97 Å². The smallest absolute Gasteiger partial charge is 0.305 e. The second-order valence-electron chi connectivity index (χ2n) is 4.00. The van der Waals surface area contributed by atoms with Gasteiger partial charge in [0, 0.05) is 6.42 Å². The van der Waals surface area contributed by atoms with Crippen LogP contribution in [0.15, 0.2) is 0 Å². The zero-order chi connectivity index (χ0) is 12.0. The number of carbonyl (C=O) groups excluding carboxylic acids is 1. The van der Waals surface area contributed by atoms with E-state index in [1.165, 1.54) is 7.11 Å². The lowest BCUT2D eigenvalue weighted by Crippen LogP contribution is -2.36. The van der Waals surface area contributed by atoms with Crippen LogP contribution >= 0.6 is 0 Å². The van der Waals surface area contributed by atoms with Gasteiger partial charge in [0.2, 0.25) is 0 Å². The highest BCUT2D eigenvalue weighted by atomic mass is 32.2. The monoisotopic (exact) mass is 249 g/mol. The molecule has 1 aliphatic heterocycles. The van der Waals surface area contributed by atoms with Crippen molar-refractivity contribution in [2.75, 3.05) is 26.0 Å². The molecule has 0 bridgehead atoms. The van der Waals surface area contributed by atoms with Crippen molar-refractivity contribution in [3.63, 3.8) is 0 Å². The van der Waals surface area contributed by atoms with Crippen molar-refractivity contribution in [2.45, 2.75) is 30.9 Å². The summed E-state index contributed by atoms with van der Waals surface area (Å²) in [6, 6.07) is 0. The molecule has 1 fully saturated rings. The quantitative estimate of drug-likeness (QED) is 0.700. The third-order valence-electron chi connectivity index (χ3n) is 2.83. The Morgan fingerprint density at radius 2 is 2.00 bits per heavy atom. The molecule has 1 rings (SSSR count). The first-order valence-electron chi connectivity index (χ1n) is 5.55. The van der Waals surface area contributed by atoms with E-state index >= 15 is 0 Å². The number of ether oxygens (including phenoxy) is 1. The van der Waals surface area contributed by atoms with E-state index in [0.29, 0.717) is 19.3 Å². The van der Waals surface area contributed by atoms with E-state index in [4.69, 9.17) is 0 Å². The molecule has 0 aromatic carbocycles. The third kappa shape index (κ3) is 4.09. The van der Waals surface area contributed by atoms with Gasteiger partial charge in [-0.05, 0) is 32.4 Å². The number of methoxy groups -OCH3 is 1. The van der Waals surface area contributed by atoms with Crippen molar-refractivity contribution in [3.05, 3.63) is 0 Å². The van der Waals surface area contributed by atoms with Crippen LogP contribution in [0.25, 0.3) is 0 Å². The van der Waals surface area contributed by atoms with Crippen molar-refractivity contribution in [1.29, 1.82) is 0 Å². The zero-order valence-electron chi connectivity index (χ0n) is 9.57. The number of hydrogen-bond acceptors (Lipinski definition) is 5. The van der Waals surface area contributed by atoms with E-state index in [2.05, 4.69) is 10.1 Å². The topological polar surface area (TPSA) is 72.5 Å². The Bertz CT molecular complexity index is 320. The Hall–Kier alpha value is -0.620. The summed E-state index contributed by atoms with van der Waals surface area (Å²) < 4.78 is 28.2. The molecule has 1 saturated heterocycles. The number of rotatable bonds is 5. The first kappa shape index (κ1) is 13.4. The molecule has 0 aliphatic carbocycles. The number of hydrogen-bond donors (Lipinski definition) is 1. The number of piperidine rings is 1. The van der Waals surface area contributed by atoms with Crippen LogP contribution in [0.1, 0.15) is 25.7 Å². The molecule has 94 valence electrons. The maximum absolute atomic E-state index is 11.9. The molecule has 0 radical (unpaired) electrons. The van der Waals surface area contributed by atoms with Gasteiger partial charge in [-0.3, -0.25) is 4.79 Å². The van der Waals surface area contributed by atoms with Crippen LogP contribution in [0.4, 0.5) is 0 Å². The van der Waals surface area contributed by atoms with E-state index in [1.54, 1.807) is 0 Å². The molecule has 0 aromatic heterocycles. The van der Waals surface area contributed by atoms with E-state index in [-0.39, 0.29) is 23.4 Å². The minimum atomic E-state index is -3.04. The maximum Gasteiger partial charge on any atom is 0.305 e. The lowest BCUT2D eigenvalue weighted by molar-refractivity contribution is -0.140. The van der Waals surface area contributed by atoms with Crippen molar-refractivity contribution in [3.8, 4) is 0 Å². The lowest BCUT2D eigenvalue weighted by atomic mass is 10.2. The van der Waals surface area contributed by atoms with Crippen LogP contribution < -0.4 is 5.32 Å². The highest BCUT2D eigenvalue weighted by Gasteiger charge is 2.26. The Kier molecular flexibility index (Phi) is 5.21. The highest BCUT2D eigenvalue weighted by Crippen LogP contribution is 2.15. The minimum Gasteiger partial charge on any atom is -0.469 e. The average Bonchev–Trinajstić information content (AvgIpc) is 2.30. The van der Waals surface area contributed by atoms with Crippen molar-refractivity contribution in [1.82, 2.24) is 5.32 Å². The summed E-state index contributed by atoms with van der Waals surface area (Å²) in [7, 11) is -1.73. The molecule has 0 atom stereocenters. The molecule has 6 heteroatoms. The normalized spacial score (nSPS) is 18.3. The van der Waals surface area contributed by atoms with Gasteiger partial charge in [-0.1, -0.05) is 0 Å². The van der Waals surface area contributed by atoms with Crippen LogP contribution in [0.2, 0.25) is 0 Å². The number of sulfone groups is 1. The number of esters is 1. The Labute approximate surface area is 96.5 Å². The second-order valence-corrected chi connectivity index (χ2v) is 6.40. The standard InChI is InChI=1S/C10H19NO4S/c1-15-10(12)3-2-8-16(13,14)9-4-6-11-7-5-9/h9,11H,2-8H2,1H3. The predicted octanol–water partition coefficient (Wildman–Crippen LogP) is 0.106. The fourth-order valence-electron chi connectivity index (χ4n) is 1.84. The second kappa shape index (κ2) is 6.20. The van der Waals surface area contributed by atoms with Gasteiger partial charge < -0.3 is 10.1 Å². The fourth-order valence-corrected chi connectivity index (χ4v) is 3.67. The number of nitrogens with one attached hydrogen (secondary N) is 1. The summed E-state index contributed by atoms with van der Waals surface area (Å²) in [4.78, 5) is 10.8. The molecule has 1 N–H and O–H groups in total. The van der Waals surface area contributed by atoms with Crippen LogP contribution in [0.5, 0.6) is 0 Å². The van der Waals surface area contributed by atoms with Gasteiger partial charge in [0.1, 0.15) is 0 Å². The third-order valence-corrected chi connectivity index (χ3v) is 5.18. The number of carbonyl (C=O) groups is 1. The van der Waals surface area contributed by atoms with E-state index in [9.17, 15) is 13.2 Å². The van der Waals surface area contributed by atoms with Gasteiger partial charge in [0.15, 0.2) is 9.84 Å². The Morgan fingerprint density at radius 3 is 2.56 bits per heavy atom. The SMILES string of the molecule is COC(=O)CCCS(=O)(=O)C1CCNCC1. The first-order valence-corrected chi connectivity index (χ1v) is 7.27. The molecule has 16 heavy (non-hydrogen) atoms. The molecule has 0 unspecified atom stereocenters. The van der Waals surface area contributed by atoms with Crippen LogP contribution in [0, 0.1) is 0 Å². The summed E-state index contributed by atoms with van der Waals surface area (Å²) >= 11 is 0. The lowest BCUT2D eigenvalue weighted by Gasteiger charge is -2.22. The first-order chi connectivity index (χ1) is 7.56. The van der Waals surface area contributed by atoms with E-state index < -0.39 is 9.84 Å². The molecule has 1 aliphatic rings. The van der Waals surface area contributed by atoms with Gasteiger partial charge in [0.05, 0.1) is 18.1 Å². The predicted molar refractivity (Wildman–Crippen MR) is 60.9 cm³/mol. The van der Waals surface area contributed by atoms with Crippen LogP contribution in [-0.2, 0) is 19.4 Å². The summed E-state index contributed by atoms with van der Waals surface area (Å²) in [5.74, 6) is -0.257. The van der Waals surface area contributed by atoms with Crippen LogP contribution in [-0.4, -0.2) is 45.6 Å². The molecular formula is C10H19NO4S. The maximum atomic E-state index is 11.9. The van der Waals surface area contributed by atoms with Gasteiger partial charge in [-0.15, -0.1) is 0 Å². The Morgan fingerprint density at radius 1 is 1.38 bits per heavy atom. The minimum absolute atomic E-state index is 0.0900. The van der Waals surface area contributed by atoms with Crippen molar-refractivity contribution >= 4 is 15.8 Å². The molecule has 0 amide bonds. The van der Waals surface area contributed by atoms with Gasteiger partial charge in [-0.25, -0.2) is 8.42 Å². The molecule has 0 spiro atoms. The fraction of sp³-hybridized carbons (Fsp3) is 0.900. The van der Waals surface area contributed by atoms with Crippen LogP contribution in [0.3, 0.4) is 0 Å².